The molecule has 1 amide bonds. The lowest BCUT2D eigenvalue weighted by atomic mass is 9.95. The number of benzene rings is 1. The van der Waals surface area contributed by atoms with Crippen LogP contribution in [0.5, 0.6) is 0 Å². The molecule has 3 N–H and O–H groups in total. The number of hydrogen-bond acceptors (Lipinski definition) is 4. The summed E-state index contributed by atoms with van der Waals surface area (Å²) in [7, 11) is 0. The number of nitrogens with one attached hydrogen (secondary N) is 2. The largest absolute Gasteiger partial charge is 0.463 e. The van der Waals surface area contributed by atoms with Gasteiger partial charge in [-0.1, -0.05) is 12.1 Å². The molecule has 0 bridgehead atoms. The average molecular weight is 370 g/mol. The first-order valence-electron chi connectivity index (χ1n) is 8.05. The molecule has 0 spiro atoms. The number of alkyl halides is 3. The average Bonchev–Trinajstić information content (AvgIpc) is 2.98. The number of halogens is 3. The molecule has 8 heteroatoms. The van der Waals surface area contributed by atoms with Crippen LogP contribution in [0.25, 0.3) is 0 Å². The highest BCUT2D eigenvalue weighted by molar-refractivity contribution is 5.88. The summed E-state index contributed by atoms with van der Waals surface area (Å²) >= 11 is 0. The first-order valence-corrected chi connectivity index (χ1v) is 8.05. The normalized spacial score (nSPS) is 14.1. The van der Waals surface area contributed by atoms with Crippen molar-refractivity contribution in [2.45, 2.75) is 38.6 Å². The molecule has 1 aromatic carbocycles. The standard InChI is InChI=1S/C18H21F3N2O3/c1-12-3-8-16(26-12)17(25,18(19,20)21)9-10-22-11-14-4-6-15(7-5-14)23-13(2)24/h3-8,22,25H,9-11H2,1-2H3,(H,23,24)/t17-/m1/s1. The SMILES string of the molecule is CC(=O)Nc1ccc(CNCC[C@@](O)(c2ccc(C)o2)C(F)(F)F)cc1. The minimum absolute atomic E-state index is 0.0663. The minimum Gasteiger partial charge on any atom is -0.463 e. The van der Waals surface area contributed by atoms with Crippen molar-refractivity contribution in [2.75, 3.05) is 11.9 Å². The molecule has 142 valence electrons. The summed E-state index contributed by atoms with van der Waals surface area (Å²) in [4.78, 5) is 11.0. The van der Waals surface area contributed by atoms with E-state index < -0.39 is 24.0 Å². The molecule has 0 radical (unpaired) electrons. The predicted molar refractivity (Wildman–Crippen MR) is 90.5 cm³/mol. The van der Waals surface area contributed by atoms with E-state index in [2.05, 4.69) is 10.6 Å². The number of carbonyl (C=O) groups excluding carboxylic acids is 1. The lowest BCUT2D eigenvalue weighted by Crippen LogP contribution is -2.44. The van der Waals surface area contributed by atoms with E-state index in [1.54, 1.807) is 24.3 Å². The molecule has 0 fully saturated rings. The highest BCUT2D eigenvalue weighted by Crippen LogP contribution is 2.42. The molecule has 1 atom stereocenters. The van der Waals surface area contributed by atoms with Gasteiger partial charge in [0.2, 0.25) is 11.5 Å². The van der Waals surface area contributed by atoms with Gasteiger partial charge in [-0.2, -0.15) is 13.2 Å². The van der Waals surface area contributed by atoms with Crippen molar-refractivity contribution in [3.05, 3.63) is 53.5 Å². The van der Waals surface area contributed by atoms with E-state index in [4.69, 9.17) is 4.42 Å². The van der Waals surface area contributed by atoms with Gasteiger partial charge in [-0.05, 0) is 43.3 Å². The number of aliphatic hydroxyl groups is 1. The Balaban J connectivity index is 1.93. The quantitative estimate of drug-likeness (QED) is 0.653. The van der Waals surface area contributed by atoms with Crippen molar-refractivity contribution < 1.29 is 27.5 Å². The second kappa shape index (κ2) is 7.92. The van der Waals surface area contributed by atoms with E-state index in [0.29, 0.717) is 18.0 Å². The van der Waals surface area contributed by atoms with Crippen molar-refractivity contribution in [1.82, 2.24) is 5.32 Å². The molecule has 2 aromatic rings. The first kappa shape index (κ1) is 20.0. The number of rotatable bonds is 7. The number of furan rings is 1. The monoisotopic (exact) mass is 370 g/mol. The zero-order valence-corrected chi connectivity index (χ0v) is 14.5. The second-order valence-corrected chi connectivity index (χ2v) is 6.07. The Bertz CT molecular complexity index is 741. The Morgan fingerprint density at radius 1 is 1.15 bits per heavy atom. The summed E-state index contributed by atoms with van der Waals surface area (Å²) in [6.45, 7) is 3.18. The maximum Gasteiger partial charge on any atom is 0.424 e. The highest BCUT2D eigenvalue weighted by Gasteiger charge is 2.56. The Labute approximate surface area is 149 Å². The molecule has 0 aliphatic heterocycles. The fraction of sp³-hybridized carbons (Fsp3) is 0.389. The summed E-state index contributed by atoms with van der Waals surface area (Å²) in [5, 5.41) is 15.7. The van der Waals surface area contributed by atoms with Gasteiger partial charge in [0.25, 0.3) is 0 Å². The van der Waals surface area contributed by atoms with Gasteiger partial charge in [-0.3, -0.25) is 4.79 Å². The van der Waals surface area contributed by atoms with Crippen LogP contribution >= 0.6 is 0 Å². The molecule has 0 saturated carbocycles. The molecule has 0 saturated heterocycles. The van der Waals surface area contributed by atoms with E-state index in [1.165, 1.54) is 19.9 Å². The first-order chi connectivity index (χ1) is 12.1. The van der Waals surface area contributed by atoms with Gasteiger partial charge in [0, 0.05) is 25.6 Å². The molecule has 0 unspecified atom stereocenters. The van der Waals surface area contributed by atoms with E-state index in [-0.39, 0.29) is 12.5 Å². The van der Waals surface area contributed by atoms with Gasteiger partial charge in [0.15, 0.2) is 0 Å². The van der Waals surface area contributed by atoms with E-state index >= 15 is 0 Å². The topological polar surface area (TPSA) is 74.5 Å². The third kappa shape index (κ3) is 4.86. The number of amides is 1. The van der Waals surface area contributed by atoms with Crippen LogP contribution in [-0.4, -0.2) is 23.7 Å². The Morgan fingerprint density at radius 3 is 2.31 bits per heavy atom. The van der Waals surface area contributed by atoms with E-state index in [9.17, 15) is 23.1 Å². The highest BCUT2D eigenvalue weighted by atomic mass is 19.4. The van der Waals surface area contributed by atoms with Gasteiger partial charge in [-0.15, -0.1) is 0 Å². The van der Waals surface area contributed by atoms with Gasteiger partial charge in [-0.25, -0.2) is 0 Å². The van der Waals surface area contributed by atoms with Crippen molar-refractivity contribution in [3.8, 4) is 0 Å². The maximum absolute atomic E-state index is 13.3. The molecule has 26 heavy (non-hydrogen) atoms. The Kier molecular flexibility index (Phi) is 6.09. The molecule has 0 aliphatic carbocycles. The van der Waals surface area contributed by atoms with Gasteiger partial charge < -0.3 is 20.2 Å². The van der Waals surface area contributed by atoms with Crippen LogP contribution in [0.2, 0.25) is 0 Å². The van der Waals surface area contributed by atoms with Crippen LogP contribution in [0.15, 0.2) is 40.8 Å². The van der Waals surface area contributed by atoms with Crippen molar-refractivity contribution in [3.63, 3.8) is 0 Å². The zero-order chi connectivity index (χ0) is 19.4. The molecular weight excluding hydrogens is 349 g/mol. The van der Waals surface area contributed by atoms with Crippen LogP contribution in [0, 0.1) is 6.92 Å². The molecule has 5 nitrogen and oxygen atoms in total. The Hall–Kier alpha value is -2.32. The number of aryl methyl sites for hydroxylation is 1. The van der Waals surface area contributed by atoms with Crippen molar-refractivity contribution in [1.29, 1.82) is 0 Å². The molecule has 2 rings (SSSR count). The van der Waals surface area contributed by atoms with E-state index in [1.807, 2.05) is 0 Å². The number of hydrogen-bond donors (Lipinski definition) is 3. The summed E-state index contributed by atoms with van der Waals surface area (Å²) in [6.07, 6.45) is -5.42. The van der Waals surface area contributed by atoms with Crippen LogP contribution < -0.4 is 10.6 Å². The number of anilines is 1. The number of carbonyl (C=O) groups is 1. The lowest BCUT2D eigenvalue weighted by Gasteiger charge is -2.28. The maximum atomic E-state index is 13.3. The Morgan fingerprint density at radius 2 is 1.81 bits per heavy atom. The van der Waals surface area contributed by atoms with Crippen LogP contribution in [0.4, 0.5) is 18.9 Å². The van der Waals surface area contributed by atoms with Crippen molar-refractivity contribution in [2.24, 2.45) is 0 Å². The fourth-order valence-corrected chi connectivity index (χ4v) is 2.47. The second-order valence-electron chi connectivity index (χ2n) is 6.07. The molecule has 1 heterocycles. The molecule has 1 aromatic heterocycles. The van der Waals surface area contributed by atoms with E-state index in [0.717, 1.165) is 11.6 Å². The third-order valence-electron chi connectivity index (χ3n) is 3.88. The molecule has 0 aliphatic rings. The van der Waals surface area contributed by atoms with Crippen LogP contribution in [-0.2, 0) is 16.9 Å². The molecular formula is C18H21F3N2O3. The smallest absolute Gasteiger partial charge is 0.424 e. The fourth-order valence-electron chi connectivity index (χ4n) is 2.47. The van der Waals surface area contributed by atoms with Gasteiger partial charge >= 0.3 is 6.18 Å². The summed E-state index contributed by atoms with van der Waals surface area (Å²) in [5.74, 6) is -0.394. The third-order valence-corrected chi connectivity index (χ3v) is 3.88. The summed E-state index contributed by atoms with van der Waals surface area (Å²) in [5.41, 5.74) is -1.56. The zero-order valence-electron chi connectivity index (χ0n) is 14.5. The van der Waals surface area contributed by atoms with Crippen LogP contribution in [0.1, 0.15) is 30.4 Å². The van der Waals surface area contributed by atoms with Crippen LogP contribution in [0.3, 0.4) is 0 Å². The predicted octanol–water partition coefficient (Wildman–Crippen LogP) is 3.48. The van der Waals surface area contributed by atoms with Gasteiger partial charge in [0.1, 0.15) is 11.5 Å². The van der Waals surface area contributed by atoms with Crippen molar-refractivity contribution >= 4 is 11.6 Å². The lowest BCUT2D eigenvalue weighted by molar-refractivity contribution is -0.274. The summed E-state index contributed by atoms with van der Waals surface area (Å²) < 4.78 is 45.0. The minimum atomic E-state index is -4.85. The summed E-state index contributed by atoms with van der Waals surface area (Å²) in [6, 6.07) is 9.44. The van der Waals surface area contributed by atoms with Gasteiger partial charge in [0.05, 0.1) is 0 Å².